The summed E-state index contributed by atoms with van der Waals surface area (Å²) in [5.41, 5.74) is -1.14. The zero-order valence-electron chi connectivity index (χ0n) is 18.8. The Bertz CT molecular complexity index is 570. The highest BCUT2D eigenvalue weighted by atomic mass is 16.6. The summed E-state index contributed by atoms with van der Waals surface area (Å²) in [6, 6.07) is 0. The molecule has 4 bridgehead atoms. The quantitative estimate of drug-likeness (QED) is 0.410. The lowest BCUT2D eigenvalue weighted by Crippen LogP contribution is -2.43. The number of esters is 2. The molecule has 4 aliphatic rings. The lowest BCUT2D eigenvalue weighted by atomic mass is 9.80. The average molecular weight is 405 g/mol. The predicted octanol–water partition coefficient (Wildman–Crippen LogP) is 5.24. The van der Waals surface area contributed by atoms with Crippen molar-refractivity contribution in [2.24, 2.45) is 52.8 Å². The molecule has 0 spiro atoms. The molecule has 0 aliphatic heterocycles. The molecular formula is C25H40O4. The number of ether oxygens (including phenoxy) is 2. The van der Waals surface area contributed by atoms with E-state index in [0.717, 1.165) is 11.8 Å². The van der Waals surface area contributed by atoms with E-state index >= 15 is 0 Å². The molecule has 0 heterocycles. The normalized spacial score (nSPS) is 40.4. The van der Waals surface area contributed by atoms with E-state index in [0.29, 0.717) is 61.6 Å². The van der Waals surface area contributed by atoms with Crippen LogP contribution in [0.4, 0.5) is 0 Å². The molecular weight excluding hydrogens is 364 g/mol. The van der Waals surface area contributed by atoms with Crippen LogP contribution in [0.15, 0.2) is 0 Å². The Kier molecular flexibility index (Phi) is 6.01. The lowest BCUT2D eigenvalue weighted by molar-refractivity contribution is -0.176. The molecule has 29 heavy (non-hydrogen) atoms. The molecule has 4 fully saturated rings. The van der Waals surface area contributed by atoms with Crippen molar-refractivity contribution in [3.63, 3.8) is 0 Å². The van der Waals surface area contributed by atoms with Crippen molar-refractivity contribution in [3.05, 3.63) is 0 Å². The van der Waals surface area contributed by atoms with Crippen LogP contribution in [0.1, 0.15) is 79.1 Å². The monoisotopic (exact) mass is 404 g/mol. The fourth-order valence-electron chi connectivity index (χ4n) is 7.50. The van der Waals surface area contributed by atoms with Gasteiger partial charge in [-0.1, -0.05) is 27.7 Å². The van der Waals surface area contributed by atoms with Crippen molar-refractivity contribution >= 4 is 11.9 Å². The van der Waals surface area contributed by atoms with Crippen LogP contribution in [-0.2, 0) is 19.1 Å². The molecule has 8 atom stereocenters. The smallest absolute Gasteiger partial charge is 0.323 e. The highest BCUT2D eigenvalue weighted by molar-refractivity contribution is 6.00. The Hall–Kier alpha value is -1.06. The zero-order valence-corrected chi connectivity index (χ0v) is 18.8. The summed E-state index contributed by atoms with van der Waals surface area (Å²) >= 11 is 0. The summed E-state index contributed by atoms with van der Waals surface area (Å²) in [6.45, 7) is 9.37. The van der Waals surface area contributed by atoms with Crippen LogP contribution in [0.25, 0.3) is 0 Å². The summed E-state index contributed by atoms with van der Waals surface area (Å²) in [5, 5.41) is 0. The van der Waals surface area contributed by atoms with Crippen LogP contribution < -0.4 is 0 Å². The maximum absolute atomic E-state index is 13.1. The van der Waals surface area contributed by atoms with E-state index in [1.807, 2.05) is 13.8 Å². The molecule has 8 unspecified atom stereocenters. The summed E-state index contributed by atoms with van der Waals surface area (Å²) in [6.07, 6.45) is 8.68. The van der Waals surface area contributed by atoms with Crippen molar-refractivity contribution in [3.8, 4) is 0 Å². The summed E-state index contributed by atoms with van der Waals surface area (Å²) < 4.78 is 11.6. The summed E-state index contributed by atoms with van der Waals surface area (Å²) in [7, 11) is 0. The fraction of sp³-hybridized carbons (Fsp3) is 0.920. The third kappa shape index (κ3) is 3.53. The third-order valence-electron chi connectivity index (χ3n) is 9.88. The first-order valence-corrected chi connectivity index (χ1v) is 12.3. The van der Waals surface area contributed by atoms with Crippen molar-refractivity contribution in [2.75, 3.05) is 13.2 Å². The summed E-state index contributed by atoms with van der Waals surface area (Å²) in [4.78, 5) is 26.2. The Labute approximate surface area is 176 Å². The van der Waals surface area contributed by atoms with E-state index in [4.69, 9.17) is 9.47 Å². The van der Waals surface area contributed by atoms with Gasteiger partial charge in [0.05, 0.1) is 13.2 Å². The van der Waals surface area contributed by atoms with Gasteiger partial charge in [-0.15, -0.1) is 0 Å². The average Bonchev–Trinajstić information content (AvgIpc) is 3.49. The standard InChI is InChI=1S/C25H40O4/c1-5-25(6-2,23(26)28-13-21-15(3)17-7-9-19(21)11-17)24(27)29-14-22-16(4)18-8-10-20(22)12-18/h15-22H,5-14H2,1-4H3. The number of hydrogen-bond acceptors (Lipinski definition) is 4. The van der Waals surface area contributed by atoms with Gasteiger partial charge in [-0.2, -0.15) is 0 Å². The number of hydrogen-bond donors (Lipinski definition) is 0. The SMILES string of the molecule is CCC(CC)(C(=O)OCC1C2CCC(C2)C1C)C(=O)OCC1C2CCC(C2)C1C. The molecule has 0 aromatic rings. The van der Waals surface area contributed by atoms with Crippen molar-refractivity contribution in [1.82, 2.24) is 0 Å². The predicted molar refractivity (Wildman–Crippen MR) is 112 cm³/mol. The summed E-state index contributed by atoms with van der Waals surface area (Å²) in [5.74, 6) is 4.49. The van der Waals surface area contributed by atoms with E-state index in [1.54, 1.807) is 0 Å². The maximum Gasteiger partial charge on any atom is 0.323 e. The second-order valence-electron chi connectivity index (χ2n) is 10.7. The van der Waals surface area contributed by atoms with E-state index in [1.165, 1.54) is 38.5 Å². The van der Waals surface area contributed by atoms with Crippen molar-refractivity contribution < 1.29 is 19.1 Å². The van der Waals surface area contributed by atoms with Gasteiger partial charge >= 0.3 is 11.9 Å². The van der Waals surface area contributed by atoms with Crippen LogP contribution in [0.2, 0.25) is 0 Å². The molecule has 0 aromatic carbocycles. The number of carbonyl (C=O) groups excluding carboxylic acids is 2. The van der Waals surface area contributed by atoms with Gasteiger partial charge in [0.15, 0.2) is 5.41 Å². The van der Waals surface area contributed by atoms with Crippen LogP contribution in [-0.4, -0.2) is 25.2 Å². The Morgan fingerprint density at radius 1 is 0.724 bits per heavy atom. The molecule has 4 heteroatoms. The highest BCUT2D eigenvalue weighted by Crippen LogP contribution is 2.53. The number of rotatable bonds is 8. The van der Waals surface area contributed by atoms with Gasteiger partial charge < -0.3 is 9.47 Å². The van der Waals surface area contributed by atoms with Gasteiger partial charge in [-0.25, -0.2) is 0 Å². The Morgan fingerprint density at radius 2 is 1.10 bits per heavy atom. The first kappa shape index (κ1) is 21.2. The van der Waals surface area contributed by atoms with Gasteiger partial charge in [0.2, 0.25) is 0 Å². The molecule has 4 aliphatic carbocycles. The van der Waals surface area contributed by atoms with Crippen LogP contribution >= 0.6 is 0 Å². The van der Waals surface area contributed by atoms with Crippen molar-refractivity contribution in [1.29, 1.82) is 0 Å². The number of fused-ring (bicyclic) bond motifs is 4. The molecule has 0 aromatic heterocycles. The van der Waals surface area contributed by atoms with Crippen LogP contribution in [0.5, 0.6) is 0 Å². The minimum Gasteiger partial charge on any atom is -0.465 e. The molecule has 0 N–H and O–H groups in total. The molecule has 4 rings (SSSR count). The first-order valence-electron chi connectivity index (χ1n) is 12.3. The maximum atomic E-state index is 13.1. The Balaban J connectivity index is 1.34. The van der Waals surface area contributed by atoms with E-state index in [2.05, 4.69) is 13.8 Å². The highest BCUT2D eigenvalue weighted by Gasteiger charge is 2.50. The topological polar surface area (TPSA) is 52.6 Å². The van der Waals surface area contributed by atoms with Crippen molar-refractivity contribution in [2.45, 2.75) is 79.1 Å². The molecule has 0 saturated heterocycles. The van der Waals surface area contributed by atoms with Crippen LogP contribution in [0.3, 0.4) is 0 Å². The van der Waals surface area contributed by atoms with Gasteiger partial charge in [0.25, 0.3) is 0 Å². The fourth-order valence-corrected chi connectivity index (χ4v) is 7.50. The van der Waals surface area contributed by atoms with E-state index in [9.17, 15) is 9.59 Å². The molecule has 0 radical (unpaired) electrons. The van der Waals surface area contributed by atoms with Gasteiger partial charge in [0, 0.05) is 0 Å². The molecule has 0 amide bonds. The van der Waals surface area contributed by atoms with Crippen LogP contribution in [0, 0.1) is 52.8 Å². The van der Waals surface area contributed by atoms with Gasteiger partial charge in [-0.05, 0) is 98.7 Å². The van der Waals surface area contributed by atoms with E-state index in [-0.39, 0.29) is 11.9 Å². The van der Waals surface area contributed by atoms with Gasteiger partial charge in [0.1, 0.15) is 0 Å². The lowest BCUT2D eigenvalue weighted by Gasteiger charge is -2.32. The molecule has 4 nitrogen and oxygen atoms in total. The van der Waals surface area contributed by atoms with E-state index < -0.39 is 5.41 Å². The first-order chi connectivity index (χ1) is 13.9. The largest absolute Gasteiger partial charge is 0.465 e. The minimum absolute atomic E-state index is 0.358. The minimum atomic E-state index is -1.14. The zero-order chi connectivity index (χ0) is 20.8. The second kappa shape index (κ2) is 8.23. The third-order valence-corrected chi connectivity index (χ3v) is 9.88. The second-order valence-corrected chi connectivity index (χ2v) is 10.7. The number of carbonyl (C=O) groups is 2. The molecule has 4 saturated carbocycles. The Morgan fingerprint density at radius 3 is 1.41 bits per heavy atom. The molecule has 164 valence electrons. The van der Waals surface area contributed by atoms with Gasteiger partial charge in [-0.3, -0.25) is 9.59 Å².